The Bertz CT molecular complexity index is 1010. The van der Waals surface area contributed by atoms with E-state index >= 15 is 0 Å². The van der Waals surface area contributed by atoms with Gasteiger partial charge in [0.2, 0.25) is 0 Å². The zero-order valence-electron chi connectivity index (χ0n) is 16.6. The average Bonchev–Trinajstić information content (AvgIpc) is 2.56. The lowest BCUT2D eigenvalue weighted by Gasteiger charge is -2.24. The lowest BCUT2D eigenvalue weighted by molar-refractivity contribution is 0.0422. The van der Waals surface area contributed by atoms with Crippen LogP contribution in [0, 0.1) is 13.8 Å². The third-order valence-electron chi connectivity index (χ3n) is 4.85. The zero-order chi connectivity index (χ0) is 22.0. The first kappa shape index (κ1) is 23.5. The Morgan fingerprint density at radius 2 is 1.10 bits per heavy atom. The molecule has 0 bridgehead atoms. The smallest absolute Gasteiger partial charge is 0.294 e. The fourth-order valence-electron chi connectivity index (χ4n) is 3.24. The third-order valence-corrected chi connectivity index (χ3v) is 6.76. The van der Waals surface area contributed by atoms with E-state index in [9.17, 15) is 31.0 Å². The molecule has 0 heterocycles. The van der Waals surface area contributed by atoms with Crippen LogP contribution in [0.25, 0.3) is 0 Å². The van der Waals surface area contributed by atoms with Crippen LogP contribution in [0.5, 0.6) is 0 Å². The number of aryl methyl sites for hydroxylation is 4. The van der Waals surface area contributed by atoms with Gasteiger partial charge in [0.05, 0.1) is 15.4 Å². The Hall–Kier alpha value is -1.78. The summed E-state index contributed by atoms with van der Waals surface area (Å²) in [5.41, 5.74) is 1.23. The molecule has 2 aromatic rings. The molecule has 0 fully saturated rings. The zero-order valence-corrected chi connectivity index (χ0v) is 18.2. The molecular weight excluding hydrogens is 416 g/mol. The van der Waals surface area contributed by atoms with Crippen LogP contribution in [0.3, 0.4) is 0 Å². The van der Waals surface area contributed by atoms with Crippen molar-refractivity contribution in [1.29, 1.82) is 0 Å². The maximum Gasteiger partial charge on any atom is 0.294 e. The van der Waals surface area contributed by atoms with Crippen LogP contribution in [-0.4, -0.2) is 36.6 Å². The Kier molecular flexibility index (Phi) is 6.91. The van der Waals surface area contributed by atoms with E-state index in [0.29, 0.717) is 11.1 Å². The molecule has 0 atom stereocenters. The van der Waals surface area contributed by atoms with Crippen molar-refractivity contribution in [3.8, 4) is 0 Å². The van der Waals surface area contributed by atoms with Gasteiger partial charge in [-0.15, -0.1) is 0 Å². The summed E-state index contributed by atoms with van der Waals surface area (Å²) in [5, 5.41) is 10.7. The molecule has 3 N–H and O–H groups in total. The number of benzene rings is 2. The van der Waals surface area contributed by atoms with Crippen molar-refractivity contribution in [2.24, 2.45) is 0 Å². The van der Waals surface area contributed by atoms with Gasteiger partial charge < -0.3 is 5.11 Å². The van der Waals surface area contributed by atoms with Crippen LogP contribution in [0.2, 0.25) is 0 Å². The Balaban J connectivity index is 2.17. The fourth-order valence-corrected chi connectivity index (χ4v) is 4.71. The lowest BCUT2D eigenvalue weighted by Crippen LogP contribution is -2.26. The standard InChI is InChI=1S/C20H26O7S2/c1-14-4-6-18(28(22,23)24)16(12-14)8-10-20(3,21)11-9-17-13-15(2)5-7-19(17)29(25,26)27/h4-7,12-13,21H,8-11H2,1-3H3,(H,22,23,24)(H,25,26,27). The average molecular weight is 443 g/mol. The molecular formula is C20H26O7S2. The highest BCUT2D eigenvalue weighted by Crippen LogP contribution is 2.26. The fraction of sp³-hybridized carbons (Fsp3) is 0.400. The van der Waals surface area contributed by atoms with E-state index in [0.717, 1.165) is 11.1 Å². The molecule has 0 aromatic heterocycles. The molecule has 160 valence electrons. The molecule has 0 saturated heterocycles. The Morgan fingerprint density at radius 3 is 1.41 bits per heavy atom. The number of rotatable bonds is 8. The van der Waals surface area contributed by atoms with Gasteiger partial charge in [0.25, 0.3) is 20.2 Å². The van der Waals surface area contributed by atoms with E-state index in [-0.39, 0.29) is 35.5 Å². The molecule has 0 radical (unpaired) electrons. The van der Waals surface area contributed by atoms with Gasteiger partial charge in [0.1, 0.15) is 0 Å². The molecule has 0 aliphatic rings. The molecule has 0 aliphatic carbocycles. The van der Waals surface area contributed by atoms with Gasteiger partial charge in [-0.25, -0.2) is 0 Å². The van der Waals surface area contributed by atoms with Gasteiger partial charge in [-0.1, -0.05) is 35.4 Å². The topological polar surface area (TPSA) is 129 Å². The summed E-state index contributed by atoms with van der Waals surface area (Å²) in [5.74, 6) is 0. The molecule has 0 aliphatic heterocycles. The summed E-state index contributed by atoms with van der Waals surface area (Å²) in [6.45, 7) is 5.17. The minimum Gasteiger partial charge on any atom is -0.390 e. The largest absolute Gasteiger partial charge is 0.390 e. The van der Waals surface area contributed by atoms with E-state index in [1.807, 2.05) is 0 Å². The Morgan fingerprint density at radius 1 is 0.759 bits per heavy atom. The second-order valence-corrected chi connectivity index (χ2v) is 10.4. The molecule has 0 saturated carbocycles. The molecule has 0 spiro atoms. The molecule has 0 amide bonds. The molecule has 9 heteroatoms. The molecule has 7 nitrogen and oxygen atoms in total. The highest BCUT2D eigenvalue weighted by molar-refractivity contribution is 7.86. The van der Waals surface area contributed by atoms with E-state index < -0.39 is 25.8 Å². The summed E-state index contributed by atoms with van der Waals surface area (Å²) in [4.78, 5) is -0.377. The quantitative estimate of drug-likeness (QED) is 0.536. The number of hydrogen-bond acceptors (Lipinski definition) is 5. The van der Waals surface area contributed by atoms with Crippen molar-refractivity contribution < 1.29 is 31.0 Å². The van der Waals surface area contributed by atoms with E-state index in [4.69, 9.17) is 0 Å². The number of aliphatic hydroxyl groups is 1. The highest BCUT2D eigenvalue weighted by atomic mass is 32.2. The summed E-state index contributed by atoms with van der Waals surface area (Å²) in [7, 11) is -8.75. The summed E-state index contributed by atoms with van der Waals surface area (Å²) in [6, 6.07) is 9.13. The summed E-state index contributed by atoms with van der Waals surface area (Å²) in [6.07, 6.45) is 0.823. The van der Waals surface area contributed by atoms with Crippen LogP contribution < -0.4 is 0 Å². The second-order valence-electron chi connectivity index (χ2n) is 7.67. The van der Waals surface area contributed by atoms with Gasteiger partial charge in [-0.3, -0.25) is 9.11 Å². The minimum atomic E-state index is -4.38. The first-order chi connectivity index (χ1) is 13.2. The SMILES string of the molecule is Cc1ccc(S(=O)(=O)O)c(CCC(C)(O)CCc2cc(C)ccc2S(=O)(=O)O)c1. The van der Waals surface area contributed by atoms with Crippen LogP contribution in [0.15, 0.2) is 46.2 Å². The maximum absolute atomic E-state index is 11.6. The highest BCUT2D eigenvalue weighted by Gasteiger charge is 2.24. The van der Waals surface area contributed by atoms with Crippen molar-refractivity contribution >= 4 is 20.2 Å². The second kappa shape index (κ2) is 8.53. The molecule has 2 rings (SSSR count). The van der Waals surface area contributed by atoms with Crippen molar-refractivity contribution in [3.63, 3.8) is 0 Å². The van der Waals surface area contributed by atoms with Gasteiger partial charge in [0, 0.05) is 0 Å². The predicted molar refractivity (Wildman–Crippen MR) is 109 cm³/mol. The van der Waals surface area contributed by atoms with Gasteiger partial charge in [0.15, 0.2) is 0 Å². The van der Waals surface area contributed by atoms with Crippen molar-refractivity contribution in [2.75, 3.05) is 0 Å². The first-order valence-corrected chi connectivity index (χ1v) is 11.9. The lowest BCUT2D eigenvalue weighted by atomic mass is 9.90. The third kappa shape index (κ3) is 6.61. The van der Waals surface area contributed by atoms with Crippen molar-refractivity contribution in [1.82, 2.24) is 0 Å². The van der Waals surface area contributed by atoms with Crippen molar-refractivity contribution in [3.05, 3.63) is 58.7 Å². The minimum absolute atomic E-state index is 0.189. The summed E-state index contributed by atoms with van der Waals surface area (Å²) >= 11 is 0. The molecule has 29 heavy (non-hydrogen) atoms. The predicted octanol–water partition coefficient (Wildman–Crippen LogP) is 3.11. The van der Waals surface area contributed by atoms with Crippen LogP contribution in [0.4, 0.5) is 0 Å². The summed E-state index contributed by atoms with van der Waals surface area (Å²) < 4.78 is 65.1. The van der Waals surface area contributed by atoms with Gasteiger partial charge in [-0.2, -0.15) is 16.8 Å². The van der Waals surface area contributed by atoms with Crippen LogP contribution in [-0.2, 0) is 33.1 Å². The van der Waals surface area contributed by atoms with Crippen LogP contribution in [0.1, 0.15) is 42.0 Å². The van der Waals surface area contributed by atoms with Gasteiger partial charge in [-0.05, 0) is 69.7 Å². The van der Waals surface area contributed by atoms with E-state index in [1.165, 1.54) is 12.1 Å². The number of hydrogen-bond donors (Lipinski definition) is 3. The Labute approximate surface area is 171 Å². The van der Waals surface area contributed by atoms with E-state index in [2.05, 4.69) is 0 Å². The monoisotopic (exact) mass is 442 g/mol. The van der Waals surface area contributed by atoms with Gasteiger partial charge >= 0.3 is 0 Å². The van der Waals surface area contributed by atoms with Crippen molar-refractivity contribution in [2.45, 2.75) is 61.8 Å². The van der Waals surface area contributed by atoms with E-state index in [1.54, 1.807) is 45.0 Å². The van der Waals surface area contributed by atoms with Crippen LogP contribution >= 0.6 is 0 Å². The molecule has 2 aromatic carbocycles. The normalized spacial score (nSPS) is 12.9. The molecule has 0 unspecified atom stereocenters. The first-order valence-electron chi connectivity index (χ1n) is 9.05. The maximum atomic E-state index is 11.6.